The number of carboxylic acids is 1. The molecule has 2 aliphatic rings. The Bertz CT molecular complexity index is 1140. The van der Waals surface area contributed by atoms with Crippen molar-refractivity contribution in [1.82, 2.24) is 15.5 Å². The fourth-order valence-electron chi connectivity index (χ4n) is 4.95. The molecule has 1 fully saturated rings. The molecular weight excluding hydrogens is 472 g/mol. The van der Waals surface area contributed by atoms with Gasteiger partial charge >= 0.3 is 5.97 Å². The third kappa shape index (κ3) is 6.74. The summed E-state index contributed by atoms with van der Waals surface area (Å²) in [6.45, 7) is 3.76. The highest BCUT2D eigenvalue weighted by Gasteiger charge is 2.38. The van der Waals surface area contributed by atoms with E-state index in [4.69, 9.17) is 0 Å². The number of carbonyl (C=O) groups excluding carboxylic acids is 3. The molecule has 0 aromatic heterocycles. The lowest BCUT2D eigenvalue weighted by molar-refractivity contribution is -0.147. The molecule has 9 heteroatoms. The number of amides is 3. The largest absolute Gasteiger partial charge is 0.480 e. The second-order valence-electron chi connectivity index (χ2n) is 9.83. The summed E-state index contributed by atoms with van der Waals surface area (Å²) >= 11 is 0. The summed E-state index contributed by atoms with van der Waals surface area (Å²) < 4.78 is 0. The Morgan fingerprint density at radius 3 is 2.38 bits per heavy atom. The van der Waals surface area contributed by atoms with E-state index < -0.39 is 24.0 Å². The number of carbonyl (C=O) groups is 4. The lowest BCUT2D eigenvalue weighted by Gasteiger charge is -2.39. The second-order valence-corrected chi connectivity index (χ2v) is 9.83. The normalized spacial score (nSPS) is 18.4. The van der Waals surface area contributed by atoms with E-state index in [0.29, 0.717) is 31.5 Å². The van der Waals surface area contributed by atoms with Crippen molar-refractivity contribution < 1.29 is 24.3 Å². The minimum Gasteiger partial charge on any atom is -0.480 e. The van der Waals surface area contributed by atoms with E-state index >= 15 is 0 Å². The number of hydrogen-bond donors (Lipinski definition) is 4. The Morgan fingerprint density at radius 1 is 1.03 bits per heavy atom. The Balaban J connectivity index is 1.43. The zero-order valence-electron chi connectivity index (χ0n) is 21.0. The number of hydrogen-bond acceptors (Lipinski definition) is 5. The molecule has 0 aliphatic carbocycles. The van der Waals surface area contributed by atoms with Crippen LogP contribution >= 0.6 is 0 Å². The summed E-state index contributed by atoms with van der Waals surface area (Å²) in [5, 5.41) is 18.4. The van der Waals surface area contributed by atoms with Crippen LogP contribution in [0.15, 0.2) is 48.5 Å². The maximum atomic E-state index is 13.5. The average molecular weight is 507 g/mol. The van der Waals surface area contributed by atoms with Crippen molar-refractivity contribution in [2.75, 3.05) is 18.4 Å². The third-order valence-corrected chi connectivity index (χ3v) is 7.13. The highest BCUT2D eigenvalue weighted by Crippen LogP contribution is 2.27. The number of aryl methyl sites for hydroxylation is 1. The summed E-state index contributed by atoms with van der Waals surface area (Å²) in [4.78, 5) is 52.8. The van der Waals surface area contributed by atoms with E-state index in [1.54, 1.807) is 17.0 Å². The van der Waals surface area contributed by atoms with Gasteiger partial charge in [-0.25, -0.2) is 4.79 Å². The van der Waals surface area contributed by atoms with Crippen LogP contribution in [0, 0.1) is 12.8 Å². The van der Waals surface area contributed by atoms with E-state index in [1.807, 2.05) is 43.3 Å². The van der Waals surface area contributed by atoms with Crippen molar-refractivity contribution in [3.8, 4) is 0 Å². The van der Waals surface area contributed by atoms with Gasteiger partial charge in [0.15, 0.2) is 0 Å². The van der Waals surface area contributed by atoms with Crippen LogP contribution < -0.4 is 16.0 Å². The molecule has 37 heavy (non-hydrogen) atoms. The number of benzene rings is 2. The van der Waals surface area contributed by atoms with Gasteiger partial charge in [-0.1, -0.05) is 42.0 Å². The smallest absolute Gasteiger partial charge is 0.326 e. The summed E-state index contributed by atoms with van der Waals surface area (Å²) in [6, 6.07) is 12.9. The molecule has 0 unspecified atom stereocenters. The van der Waals surface area contributed by atoms with Crippen molar-refractivity contribution in [3.63, 3.8) is 0 Å². The van der Waals surface area contributed by atoms with Crippen LogP contribution in [0.1, 0.15) is 42.4 Å². The molecule has 2 aromatic rings. The van der Waals surface area contributed by atoms with Crippen LogP contribution in [-0.2, 0) is 32.1 Å². The topological polar surface area (TPSA) is 128 Å². The maximum Gasteiger partial charge on any atom is 0.326 e. The first kappa shape index (κ1) is 26.3. The molecule has 2 aliphatic heterocycles. The van der Waals surface area contributed by atoms with Gasteiger partial charge in [0.2, 0.25) is 17.7 Å². The van der Waals surface area contributed by atoms with Crippen molar-refractivity contribution in [2.24, 2.45) is 5.92 Å². The fourth-order valence-corrected chi connectivity index (χ4v) is 4.95. The Hall–Kier alpha value is -3.72. The maximum absolute atomic E-state index is 13.5. The first-order valence-electron chi connectivity index (χ1n) is 12.8. The monoisotopic (exact) mass is 506 g/mol. The fraction of sp³-hybridized carbons (Fsp3) is 0.429. The van der Waals surface area contributed by atoms with Gasteiger partial charge in [0.1, 0.15) is 12.1 Å². The van der Waals surface area contributed by atoms with E-state index in [1.165, 1.54) is 0 Å². The molecule has 0 saturated carbocycles. The van der Waals surface area contributed by atoms with Crippen LogP contribution in [0.3, 0.4) is 0 Å². The first-order valence-corrected chi connectivity index (χ1v) is 12.8. The van der Waals surface area contributed by atoms with E-state index in [-0.39, 0.29) is 30.6 Å². The van der Waals surface area contributed by atoms with Crippen molar-refractivity contribution in [2.45, 2.75) is 57.7 Å². The zero-order chi connectivity index (χ0) is 26.4. The molecule has 3 amide bonds. The minimum absolute atomic E-state index is 0.0652. The molecule has 9 nitrogen and oxygen atoms in total. The minimum atomic E-state index is -1.25. The molecule has 4 N–H and O–H groups in total. The van der Waals surface area contributed by atoms with Gasteiger partial charge in [0.05, 0.1) is 0 Å². The number of nitrogens with zero attached hydrogens (tertiary/aromatic N) is 1. The summed E-state index contributed by atoms with van der Waals surface area (Å²) in [5.74, 6) is -2.30. The van der Waals surface area contributed by atoms with Crippen LogP contribution in [0.4, 0.5) is 5.69 Å². The Morgan fingerprint density at radius 2 is 1.70 bits per heavy atom. The predicted molar refractivity (Wildman–Crippen MR) is 139 cm³/mol. The van der Waals surface area contributed by atoms with E-state index in [0.717, 1.165) is 29.8 Å². The number of nitrogens with one attached hydrogen (secondary N) is 3. The molecule has 196 valence electrons. The zero-order valence-corrected chi connectivity index (χ0v) is 21.0. The van der Waals surface area contributed by atoms with Crippen LogP contribution in [0.25, 0.3) is 0 Å². The lowest BCUT2D eigenvalue weighted by Crippen LogP contribution is -2.57. The molecule has 2 heterocycles. The predicted octanol–water partition coefficient (Wildman–Crippen LogP) is 2.24. The highest BCUT2D eigenvalue weighted by atomic mass is 16.4. The quantitative estimate of drug-likeness (QED) is 0.435. The number of aliphatic carboxylic acids is 1. The summed E-state index contributed by atoms with van der Waals surface area (Å²) in [6.07, 6.45) is 1.60. The van der Waals surface area contributed by atoms with Gasteiger partial charge in [-0.3, -0.25) is 14.4 Å². The van der Waals surface area contributed by atoms with Crippen LogP contribution in [0.2, 0.25) is 0 Å². The highest BCUT2D eigenvalue weighted by molar-refractivity contribution is 5.93. The molecule has 0 bridgehead atoms. The number of rotatable bonds is 8. The van der Waals surface area contributed by atoms with Gasteiger partial charge in [-0.2, -0.15) is 0 Å². The first-order chi connectivity index (χ1) is 17.8. The number of piperidine rings is 1. The van der Waals surface area contributed by atoms with E-state index in [2.05, 4.69) is 16.0 Å². The SMILES string of the molecule is Cc1ccc(NC(=O)CC[C@@H](NC(=O)[C@H]2Cc3ccccc3CN2C(=O)C2CCNCC2)C(=O)O)cc1. The van der Waals surface area contributed by atoms with Crippen molar-refractivity contribution in [1.29, 1.82) is 0 Å². The van der Waals surface area contributed by atoms with Gasteiger partial charge < -0.3 is 26.0 Å². The lowest BCUT2D eigenvalue weighted by atomic mass is 9.89. The number of anilines is 1. The second kappa shape index (κ2) is 12.0. The third-order valence-electron chi connectivity index (χ3n) is 7.13. The molecule has 2 aromatic carbocycles. The molecule has 2 atom stereocenters. The van der Waals surface area contributed by atoms with Gasteiger partial charge in [0, 0.05) is 31.0 Å². The average Bonchev–Trinajstić information content (AvgIpc) is 2.91. The van der Waals surface area contributed by atoms with E-state index in [9.17, 15) is 24.3 Å². The molecule has 0 spiro atoms. The molecule has 1 saturated heterocycles. The number of carboxylic acid groups (broad SMARTS) is 1. The molecular formula is C28H34N4O5. The summed E-state index contributed by atoms with van der Waals surface area (Å²) in [5.41, 5.74) is 3.65. The van der Waals surface area contributed by atoms with Crippen LogP contribution in [0.5, 0.6) is 0 Å². The standard InChI is InChI=1S/C28H34N4O5/c1-18-6-8-22(9-7-18)30-25(33)11-10-23(28(36)37)31-26(34)24-16-20-4-2-3-5-21(20)17-32(24)27(35)19-12-14-29-15-13-19/h2-9,19,23-24,29H,10-17H2,1H3,(H,30,33)(H,31,34)(H,36,37)/t23-,24-/m1/s1. The van der Waals surface area contributed by atoms with Gasteiger partial charge in [0.25, 0.3) is 0 Å². The van der Waals surface area contributed by atoms with Gasteiger partial charge in [-0.15, -0.1) is 0 Å². The molecule has 0 radical (unpaired) electrons. The Labute approximate surface area is 216 Å². The van der Waals surface area contributed by atoms with Gasteiger partial charge in [-0.05, 0) is 62.5 Å². The molecule has 4 rings (SSSR count). The summed E-state index contributed by atoms with van der Waals surface area (Å²) in [7, 11) is 0. The van der Waals surface area contributed by atoms with Crippen molar-refractivity contribution in [3.05, 3.63) is 65.2 Å². The van der Waals surface area contributed by atoms with Crippen LogP contribution in [-0.4, -0.2) is 58.9 Å². The van der Waals surface area contributed by atoms with Crippen molar-refractivity contribution >= 4 is 29.4 Å². The Kier molecular flexibility index (Phi) is 8.55. The number of fused-ring (bicyclic) bond motifs is 1.